The lowest BCUT2D eigenvalue weighted by Gasteiger charge is -2.34. The Balaban J connectivity index is 1.46. The average Bonchev–Trinajstić information content (AvgIpc) is 2.79. The number of nitrogens with zero attached hydrogens (tertiary/aromatic N) is 2. The van der Waals surface area contributed by atoms with Gasteiger partial charge in [-0.15, -0.1) is 0 Å². The summed E-state index contributed by atoms with van der Waals surface area (Å²) in [7, 11) is 5.06. The van der Waals surface area contributed by atoms with E-state index in [4.69, 9.17) is 14.2 Å². The van der Waals surface area contributed by atoms with Crippen molar-refractivity contribution in [1.82, 2.24) is 4.98 Å². The largest absolute Gasteiger partial charge is 0.496 e. The first-order valence-corrected chi connectivity index (χ1v) is 10.0. The molecule has 0 bridgehead atoms. The fourth-order valence-corrected chi connectivity index (χ4v) is 4.15. The van der Waals surface area contributed by atoms with Crippen molar-refractivity contribution in [3.8, 4) is 17.2 Å². The van der Waals surface area contributed by atoms with E-state index in [0.29, 0.717) is 5.92 Å². The van der Waals surface area contributed by atoms with Crippen molar-refractivity contribution in [3.63, 3.8) is 0 Å². The first-order valence-electron chi connectivity index (χ1n) is 10.0. The molecule has 0 amide bonds. The summed E-state index contributed by atoms with van der Waals surface area (Å²) in [6.45, 7) is 2.07. The molecule has 0 aliphatic carbocycles. The number of benzene rings is 2. The Hall–Kier alpha value is -2.95. The number of ether oxygens (including phenoxy) is 3. The lowest BCUT2D eigenvalue weighted by molar-refractivity contribution is 0.351. The summed E-state index contributed by atoms with van der Waals surface area (Å²) in [5.74, 6) is 3.01. The quantitative estimate of drug-likeness (QED) is 0.618. The molecule has 0 N–H and O–H groups in total. The fraction of sp³-hybridized carbons (Fsp3) is 0.375. The molecule has 151 valence electrons. The van der Waals surface area contributed by atoms with Crippen molar-refractivity contribution in [1.29, 1.82) is 0 Å². The number of anilines is 1. The molecule has 1 aliphatic rings. The van der Waals surface area contributed by atoms with E-state index in [2.05, 4.69) is 34.1 Å². The molecule has 2 aromatic carbocycles. The minimum absolute atomic E-state index is 0.592. The number of piperidine rings is 1. The summed E-state index contributed by atoms with van der Waals surface area (Å²) in [6.07, 6.45) is 5.00. The molecule has 3 aromatic rings. The van der Waals surface area contributed by atoms with Crippen molar-refractivity contribution < 1.29 is 14.2 Å². The molecule has 1 aromatic heterocycles. The Morgan fingerprint density at radius 2 is 1.72 bits per heavy atom. The zero-order chi connectivity index (χ0) is 20.2. The highest BCUT2D eigenvalue weighted by Gasteiger charge is 2.23. The first kappa shape index (κ1) is 19.4. The van der Waals surface area contributed by atoms with Crippen LogP contribution in [0.15, 0.2) is 42.6 Å². The van der Waals surface area contributed by atoms with E-state index in [1.54, 1.807) is 27.5 Å². The first-order chi connectivity index (χ1) is 14.2. The van der Waals surface area contributed by atoms with Crippen LogP contribution in [0.25, 0.3) is 10.9 Å². The topological polar surface area (TPSA) is 43.8 Å². The summed E-state index contributed by atoms with van der Waals surface area (Å²) in [6, 6.07) is 15.4. The van der Waals surface area contributed by atoms with Crippen molar-refractivity contribution in [2.24, 2.45) is 5.92 Å². The molecule has 5 nitrogen and oxygen atoms in total. The second kappa shape index (κ2) is 8.60. The summed E-state index contributed by atoms with van der Waals surface area (Å²) in [5.41, 5.74) is 3.36. The van der Waals surface area contributed by atoms with E-state index in [1.807, 2.05) is 18.2 Å². The number of pyridine rings is 1. The molecule has 1 fully saturated rings. The highest BCUT2D eigenvalue weighted by atomic mass is 16.5. The van der Waals surface area contributed by atoms with Crippen LogP contribution in [0.1, 0.15) is 18.4 Å². The highest BCUT2D eigenvalue weighted by molar-refractivity contribution is 5.81. The van der Waals surface area contributed by atoms with Crippen LogP contribution in [0.4, 0.5) is 5.69 Å². The Morgan fingerprint density at radius 3 is 2.38 bits per heavy atom. The van der Waals surface area contributed by atoms with Crippen LogP contribution < -0.4 is 19.1 Å². The summed E-state index contributed by atoms with van der Waals surface area (Å²) >= 11 is 0. The predicted octanol–water partition coefficient (Wildman–Crippen LogP) is 4.52. The van der Waals surface area contributed by atoms with Crippen molar-refractivity contribution >= 4 is 16.6 Å². The monoisotopic (exact) mass is 391 g/mol. The molecule has 1 aliphatic heterocycles. The summed E-state index contributed by atoms with van der Waals surface area (Å²) < 4.78 is 16.6. The molecule has 0 spiro atoms. The lowest BCUT2D eigenvalue weighted by atomic mass is 9.89. The maximum atomic E-state index is 5.62. The minimum atomic E-state index is 0.592. The van der Waals surface area contributed by atoms with Crippen LogP contribution in [0, 0.1) is 12.0 Å². The van der Waals surface area contributed by atoms with Crippen molar-refractivity contribution in [2.75, 3.05) is 39.3 Å². The summed E-state index contributed by atoms with van der Waals surface area (Å²) in [4.78, 5) is 6.92. The van der Waals surface area contributed by atoms with E-state index >= 15 is 0 Å². The van der Waals surface area contributed by atoms with Gasteiger partial charge >= 0.3 is 0 Å². The van der Waals surface area contributed by atoms with Crippen LogP contribution in [0.3, 0.4) is 0 Å². The molecule has 2 heterocycles. The fourth-order valence-electron chi connectivity index (χ4n) is 4.15. The molecular weight excluding hydrogens is 364 g/mol. The molecule has 1 saturated heterocycles. The molecule has 1 radical (unpaired) electrons. The van der Waals surface area contributed by atoms with Gasteiger partial charge in [0.25, 0.3) is 0 Å². The van der Waals surface area contributed by atoms with E-state index in [-0.39, 0.29) is 0 Å². The molecule has 29 heavy (non-hydrogen) atoms. The molecule has 5 heteroatoms. The number of hydrogen-bond donors (Lipinski definition) is 0. The van der Waals surface area contributed by atoms with Crippen molar-refractivity contribution in [2.45, 2.75) is 19.3 Å². The Bertz CT molecular complexity index is 956. The molecule has 4 rings (SSSR count). The molecular formula is C24H27N2O3. The van der Waals surface area contributed by atoms with Crippen LogP contribution in [-0.2, 0) is 6.42 Å². The van der Waals surface area contributed by atoms with Crippen LogP contribution in [-0.4, -0.2) is 39.4 Å². The Morgan fingerprint density at radius 1 is 1.00 bits per heavy atom. The van der Waals surface area contributed by atoms with Crippen LogP contribution in [0.5, 0.6) is 17.2 Å². The van der Waals surface area contributed by atoms with Gasteiger partial charge in [0.2, 0.25) is 0 Å². The molecule has 0 unspecified atom stereocenters. The van der Waals surface area contributed by atoms with Gasteiger partial charge in [-0.2, -0.15) is 0 Å². The van der Waals surface area contributed by atoms with Gasteiger partial charge in [-0.05, 0) is 49.4 Å². The Labute approximate surface area is 172 Å². The van der Waals surface area contributed by atoms with Crippen LogP contribution >= 0.6 is 0 Å². The standard InChI is InChI=1S/C24H27N2O3/c1-27-20-15-23(28-2)21(24(16-20)29-3)13-17-8-11-26(12-9-17)19-7-6-18-5-4-10-25-22(18)14-19/h4,6-7,10,14-17H,8-9,11-13H2,1-3H3. The number of methoxy groups -OCH3 is 3. The van der Waals surface area contributed by atoms with Gasteiger partial charge in [0.1, 0.15) is 17.2 Å². The van der Waals surface area contributed by atoms with E-state index < -0.39 is 0 Å². The third-order valence-corrected chi connectivity index (χ3v) is 5.80. The maximum absolute atomic E-state index is 5.62. The maximum Gasteiger partial charge on any atom is 0.129 e. The normalized spacial score (nSPS) is 14.8. The van der Waals surface area contributed by atoms with Crippen LogP contribution in [0.2, 0.25) is 0 Å². The second-order valence-electron chi connectivity index (χ2n) is 7.44. The number of fused-ring (bicyclic) bond motifs is 1. The minimum Gasteiger partial charge on any atom is -0.496 e. The average molecular weight is 391 g/mol. The van der Waals surface area contributed by atoms with Gasteiger partial charge in [0.05, 0.1) is 26.8 Å². The molecule has 0 atom stereocenters. The number of rotatable bonds is 6. The second-order valence-corrected chi connectivity index (χ2v) is 7.44. The summed E-state index contributed by atoms with van der Waals surface area (Å²) in [5, 5.41) is 1.06. The van der Waals surface area contributed by atoms with Gasteiger partial charge in [-0.3, -0.25) is 4.98 Å². The van der Waals surface area contributed by atoms with E-state index in [0.717, 1.165) is 66.1 Å². The van der Waals surface area contributed by atoms with E-state index in [9.17, 15) is 0 Å². The lowest BCUT2D eigenvalue weighted by Crippen LogP contribution is -2.34. The van der Waals surface area contributed by atoms with Gasteiger partial charge in [0.15, 0.2) is 0 Å². The number of hydrogen-bond acceptors (Lipinski definition) is 5. The zero-order valence-corrected chi connectivity index (χ0v) is 17.3. The Kier molecular flexibility index (Phi) is 5.74. The van der Waals surface area contributed by atoms with Gasteiger partial charge in [-0.25, -0.2) is 0 Å². The smallest absolute Gasteiger partial charge is 0.129 e. The third-order valence-electron chi connectivity index (χ3n) is 5.80. The number of aromatic nitrogens is 1. The van der Waals surface area contributed by atoms with Gasteiger partial charge in [0, 0.05) is 48.1 Å². The van der Waals surface area contributed by atoms with Gasteiger partial charge in [-0.1, -0.05) is 6.07 Å². The SMILES string of the molecule is COc1cc(OC)c(CC2CCN(c3ccc4[c]ccnc4c3)CC2)c(OC)c1. The highest BCUT2D eigenvalue weighted by Crippen LogP contribution is 2.37. The predicted molar refractivity (Wildman–Crippen MR) is 115 cm³/mol. The zero-order valence-electron chi connectivity index (χ0n) is 17.3. The third kappa shape index (κ3) is 4.09. The van der Waals surface area contributed by atoms with E-state index in [1.165, 1.54) is 5.69 Å². The van der Waals surface area contributed by atoms with Crippen molar-refractivity contribution in [3.05, 3.63) is 54.2 Å². The molecule has 0 saturated carbocycles. The van der Waals surface area contributed by atoms with Gasteiger partial charge < -0.3 is 19.1 Å².